The fourth-order valence-corrected chi connectivity index (χ4v) is 3.46. The van der Waals surface area contributed by atoms with Crippen molar-refractivity contribution in [2.24, 2.45) is 5.92 Å². The van der Waals surface area contributed by atoms with Gasteiger partial charge in [0, 0.05) is 25.1 Å². The molecule has 0 saturated carbocycles. The van der Waals surface area contributed by atoms with Crippen LogP contribution in [0.5, 0.6) is 5.75 Å². The summed E-state index contributed by atoms with van der Waals surface area (Å²) in [4.78, 5) is 2.22. The minimum Gasteiger partial charge on any atom is -0.493 e. The first-order valence-corrected chi connectivity index (χ1v) is 9.88. The van der Waals surface area contributed by atoms with Crippen molar-refractivity contribution in [1.82, 2.24) is 5.16 Å². The van der Waals surface area contributed by atoms with Crippen molar-refractivity contribution in [3.8, 4) is 5.75 Å². The zero-order valence-corrected chi connectivity index (χ0v) is 17.1. The summed E-state index contributed by atoms with van der Waals surface area (Å²) >= 11 is 0. The van der Waals surface area contributed by atoms with E-state index in [1.54, 1.807) is 13.0 Å². The predicted octanol–water partition coefficient (Wildman–Crippen LogP) is 5.94. The quantitative estimate of drug-likeness (QED) is 0.593. The smallest absolute Gasteiger partial charge is 0.389 e. The third-order valence-electron chi connectivity index (χ3n) is 5.17. The molecule has 1 atom stereocenters. The standard InChI is InChI=1S/C22H27F3N2O2/c1-15(13-22(23,24)25)14-28-20-6-4-5-19(12-20)11-18-7-9-27(10-8-18)21-16(2)17(3)26-29-21/h4-6,11-12,15H,7-10,13-14H2,1-3H3. The molecule has 0 bridgehead atoms. The van der Waals surface area contributed by atoms with Crippen LogP contribution in [0.4, 0.5) is 19.1 Å². The second kappa shape index (κ2) is 8.93. The fourth-order valence-electron chi connectivity index (χ4n) is 3.46. The minimum atomic E-state index is -4.16. The number of hydrogen-bond donors (Lipinski definition) is 0. The van der Waals surface area contributed by atoms with Gasteiger partial charge in [0.05, 0.1) is 12.3 Å². The molecule has 1 aromatic carbocycles. The Hall–Kier alpha value is -2.44. The van der Waals surface area contributed by atoms with Gasteiger partial charge in [0.25, 0.3) is 0 Å². The number of alkyl halides is 3. The molecule has 1 aliphatic heterocycles. The number of rotatable bonds is 6. The number of hydrogen-bond acceptors (Lipinski definition) is 4. The van der Waals surface area contributed by atoms with Gasteiger partial charge in [0.15, 0.2) is 0 Å². The third-order valence-corrected chi connectivity index (χ3v) is 5.17. The highest BCUT2D eigenvalue weighted by Crippen LogP contribution is 2.29. The first-order valence-electron chi connectivity index (χ1n) is 9.88. The van der Waals surface area contributed by atoms with E-state index in [2.05, 4.69) is 16.1 Å². The van der Waals surface area contributed by atoms with Crippen molar-refractivity contribution >= 4 is 12.0 Å². The second-order valence-corrected chi connectivity index (χ2v) is 7.80. The summed E-state index contributed by atoms with van der Waals surface area (Å²) in [5.41, 5.74) is 4.34. The maximum absolute atomic E-state index is 12.4. The maximum atomic E-state index is 12.4. The van der Waals surface area contributed by atoms with Crippen LogP contribution in [0.15, 0.2) is 34.4 Å². The molecule has 0 spiro atoms. The SMILES string of the molecule is Cc1noc(N2CCC(=Cc3cccc(OCC(C)CC(F)(F)F)c3)CC2)c1C. The maximum Gasteiger partial charge on any atom is 0.389 e. The zero-order chi connectivity index (χ0) is 21.0. The Kier molecular flexibility index (Phi) is 6.55. The van der Waals surface area contributed by atoms with E-state index >= 15 is 0 Å². The highest BCUT2D eigenvalue weighted by atomic mass is 19.4. The molecule has 4 nitrogen and oxygen atoms in total. The molecule has 158 valence electrons. The molecule has 7 heteroatoms. The summed E-state index contributed by atoms with van der Waals surface area (Å²) in [6, 6.07) is 7.50. The topological polar surface area (TPSA) is 38.5 Å². The van der Waals surface area contributed by atoms with E-state index in [1.165, 1.54) is 5.57 Å². The van der Waals surface area contributed by atoms with Crippen LogP contribution in [0, 0.1) is 19.8 Å². The minimum absolute atomic E-state index is 0.0461. The van der Waals surface area contributed by atoms with Gasteiger partial charge in [-0.15, -0.1) is 0 Å². The Bertz CT molecular complexity index is 848. The summed E-state index contributed by atoms with van der Waals surface area (Å²) in [6.45, 7) is 7.29. The number of benzene rings is 1. The van der Waals surface area contributed by atoms with Crippen LogP contribution in [0.25, 0.3) is 6.08 Å². The Morgan fingerprint density at radius 1 is 1.24 bits per heavy atom. The molecular weight excluding hydrogens is 381 g/mol. The van der Waals surface area contributed by atoms with Crippen LogP contribution in [0.1, 0.15) is 43.0 Å². The molecule has 1 saturated heterocycles. The molecule has 3 rings (SSSR count). The molecule has 0 aliphatic carbocycles. The van der Waals surface area contributed by atoms with E-state index in [0.29, 0.717) is 5.75 Å². The van der Waals surface area contributed by atoms with Crippen LogP contribution in [0.3, 0.4) is 0 Å². The van der Waals surface area contributed by atoms with Gasteiger partial charge >= 0.3 is 6.18 Å². The summed E-state index contributed by atoms with van der Waals surface area (Å²) in [5.74, 6) is 0.869. The van der Waals surface area contributed by atoms with E-state index in [-0.39, 0.29) is 6.61 Å². The van der Waals surface area contributed by atoms with E-state index in [4.69, 9.17) is 9.26 Å². The van der Waals surface area contributed by atoms with Gasteiger partial charge in [-0.3, -0.25) is 0 Å². The highest BCUT2D eigenvalue weighted by Gasteiger charge is 2.30. The number of anilines is 1. The molecule has 1 aliphatic rings. The highest BCUT2D eigenvalue weighted by molar-refractivity contribution is 5.56. The summed E-state index contributed by atoms with van der Waals surface area (Å²) in [6.07, 6.45) is -1.01. The number of halogens is 3. The summed E-state index contributed by atoms with van der Waals surface area (Å²) in [7, 11) is 0. The molecule has 2 heterocycles. The lowest BCUT2D eigenvalue weighted by atomic mass is 10.0. The number of ether oxygens (including phenoxy) is 1. The summed E-state index contributed by atoms with van der Waals surface area (Å²) < 4.78 is 48.3. The molecule has 1 aromatic heterocycles. The molecule has 29 heavy (non-hydrogen) atoms. The molecule has 1 unspecified atom stereocenters. The molecule has 0 radical (unpaired) electrons. The number of aryl methyl sites for hydroxylation is 1. The van der Waals surface area contributed by atoms with Crippen LogP contribution in [0.2, 0.25) is 0 Å². The van der Waals surface area contributed by atoms with Gasteiger partial charge in [0.2, 0.25) is 5.88 Å². The Morgan fingerprint density at radius 3 is 2.59 bits per heavy atom. The van der Waals surface area contributed by atoms with Crippen molar-refractivity contribution in [3.05, 3.63) is 46.7 Å². The monoisotopic (exact) mass is 408 g/mol. The average molecular weight is 408 g/mol. The Balaban J connectivity index is 1.56. The second-order valence-electron chi connectivity index (χ2n) is 7.80. The van der Waals surface area contributed by atoms with Crippen molar-refractivity contribution < 1.29 is 22.4 Å². The van der Waals surface area contributed by atoms with Gasteiger partial charge in [-0.05, 0) is 50.3 Å². The Morgan fingerprint density at radius 2 is 1.97 bits per heavy atom. The molecule has 1 fully saturated rings. The number of nitrogens with zero attached hydrogens (tertiary/aromatic N) is 2. The lowest BCUT2D eigenvalue weighted by Gasteiger charge is -2.28. The van der Waals surface area contributed by atoms with E-state index in [0.717, 1.165) is 48.6 Å². The van der Waals surface area contributed by atoms with E-state index in [9.17, 15) is 13.2 Å². The third kappa shape index (κ3) is 6.02. The normalized spacial score (nSPS) is 16.1. The van der Waals surface area contributed by atoms with Gasteiger partial charge in [-0.1, -0.05) is 35.9 Å². The number of piperidine rings is 1. The van der Waals surface area contributed by atoms with Crippen molar-refractivity contribution in [1.29, 1.82) is 0 Å². The van der Waals surface area contributed by atoms with E-state index < -0.39 is 18.5 Å². The van der Waals surface area contributed by atoms with Gasteiger partial charge in [-0.25, -0.2) is 0 Å². The van der Waals surface area contributed by atoms with Crippen LogP contribution >= 0.6 is 0 Å². The Labute approximate surface area is 169 Å². The largest absolute Gasteiger partial charge is 0.493 e. The molecule has 0 amide bonds. The van der Waals surface area contributed by atoms with Crippen LogP contribution < -0.4 is 9.64 Å². The molecule has 0 N–H and O–H groups in total. The lowest BCUT2D eigenvalue weighted by Crippen LogP contribution is -2.30. The van der Waals surface area contributed by atoms with Crippen LogP contribution in [-0.4, -0.2) is 31.0 Å². The fraction of sp³-hybridized carbons (Fsp3) is 0.500. The van der Waals surface area contributed by atoms with Gasteiger partial charge < -0.3 is 14.2 Å². The van der Waals surface area contributed by atoms with Crippen molar-refractivity contribution in [2.45, 2.75) is 46.2 Å². The van der Waals surface area contributed by atoms with Gasteiger partial charge in [-0.2, -0.15) is 13.2 Å². The predicted molar refractivity (Wildman–Crippen MR) is 107 cm³/mol. The molecular formula is C22H27F3N2O2. The summed E-state index contributed by atoms with van der Waals surface area (Å²) in [5, 5.41) is 4.03. The zero-order valence-electron chi connectivity index (χ0n) is 17.1. The van der Waals surface area contributed by atoms with Crippen molar-refractivity contribution in [2.75, 3.05) is 24.6 Å². The van der Waals surface area contributed by atoms with Gasteiger partial charge in [0.1, 0.15) is 5.75 Å². The van der Waals surface area contributed by atoms with Crippen molar-refractivity contribution in [3.63, 3.8) is 0 Å². The van der Waals surface area contributed by atoms with Crippen LogP contribution in [-0.2, 0) is 0 Å². The number of aromatic nitrogens is 1. The average Bonchev–Trinajstić information content (AvgIpc) is 2.99. The first-order chi connectivity index (χ1) is 13.7. The first kappa shape index (κ1) is 21.3. The van der Waals surface area contributed by atoms with E-state index in [1.807, 2.05) is 32.0 Å². The lowest BCUT2D eigenvalue weighted by molar-refractivity contribution is -0.145. The molecule has 2 aromatic rings.